The van der Waals surface area contributed by atoms with Crippen LogP contribution < -0.4 is 5.32 Å². The van der Waals surface area contributed by atoms with Crippen molar-refractivity contribution in [3.05, 3.63) is 35.4 Å². The quantitative estimate of drug-likeness (QED) is 0.778. The topological polar surface area (TPSA) is 107 Å². The van der Waals surface area contributed by atoms with Crippen LogP contribution >= 0.6 is 0 Å². The SMILES string of the molecule is O=C(O)[C@@H]1CCCN1C(=O)c1ccc(CN2C(=O)CNC2=O)cc1. The van der Waals surface area contributed by atoms with E-state index in [1.165, 1.54) is 4.90 Å². The minimum atomic E-state index is -0.990. The van der Waals surface area contributed by atoms with E-state index < -0.39 is 18.0 Å². The molecule has 0 spiro atoms. The number of likely N-dealkylation sites (tertiary alicyclic amines) is 1. The van der Waals surface area contributed by atoms with Crippen molar-refractivity contribution in [3.63, 3.8) is 0 Å². The summed E-state index contributed by atoms with van der Waals surface area (Å²) in [5.41, 5.74) is 1.11. The average molecular weight is 331 g/mol. The van der Waals surface area contributed by atoms with Gasteiger partial charge in [0.2, 0.25) is 5.91 Å². The van der Waals surface area contributed by atoms with Gasteiger partial charge in [0.25, 0.3) is 5.91 Å². The number of hydrogen-bond donors (Lipinski definition) is 2. The third-order valence-corrected chi connectivity index (χ3v) is 4.28. The van der Waals surface area contributed by atoms with Gasteiger partial charge in [-0.2, -0.15) is 0 Å². The van der Waals surface area contributed by atoms with E-state index in [1.54, 1.807) is 24.3 Å². The molecule has 0 saturated carbocycles. The molecule has 2 saturated heterocycles. The Morgan fingerprint density at radius 2 is 1.92 bits per heavy atom. The highest BCUT2D eigenvalue weighted by molar-refractivity contribution is 6.02. The maximum absolute atomic E-state index is 12.5. The van der Waals surface area contributed by atoms with Crippen molar-refractivity contribution in [2.24, 2.45) is 0 Å². The third kappa shape index (κ3) is 2.94. The summed E-state index contributed by atoms with van der Waals surface area (Å²) in [6.07, 6.45) is 1.14. The number of carboxylic acids is 1. The van der Waals surface area contributed by atoms with Crippen molar-refractivity contribution >= 4 is 23.8 Å². The van der Waals surface area contributed by atoms with Gasteiger partial charge in [0, 0.05) is 12.1 Å². The molecule has 2 aliphatic rings. The Balaban J connectivity index is 1.70. The molecule has 3 rings (SSSR count). The highest BCUT2D eigenvalue weighted by Gasteiger charge is 2.34. The molecule has 4 amide bonds. The number of amides is 4. The second-order valence-corrected chi connectivity index (χ2v) is 5.83. The number of rotatable bonds is 4. The van der Waals surface area contributed by atoms with Crippen LogP contribution in [0.4, 0.5) is 4.79 Å². The van der Waals surface area contributed by atoms with Gasteiger partial charge in [-0.05, 0) is 30.5 Å². The molecule has 8 nitrogen and oxygen atoms in total. The lowest BCUT2D eigenvalue weighted by Crippen LogP contribution is -2.40. The van der Waals surface area contributed by atoms with Gasteiger partial charge in [-0.25, -0.2) is 9.59 Å². The minimum absolute atomic E-state index is 0.000932. The molecule has 0 bridgehead atoms. The molecule has 0 aromatic heterocycles. The van der Waals surface area contributed by atoms with Crippen LogP contribution in [0.25, 0.3) is 0 Å². The van der Waals surface area contributed by atoms with Crippen molar-refractivity contribution in [1.82, 2.24) is 15.1 Å². The zero-order valence-electron chi connectivity index (χ0n) is 12.9. The molecule has 0 unspecified atom stereocenters. The van der Waals surface area contributed by atoms with Crippen molar-refractivity contribution < 1.29 is 24.3 Å². The maximum atomic E-state index is 12.5. The molecule has 1 atom stereocenters. The zero-order valence-corrected chi connectivity index (χ0v) is 12.9. The number of benzene rings is 1. The smallest absolute Gasteiger partial charge is 0.326 e. The van der Waals surface area contributed by atoms with Crippen LogP contribution in [0.3, 0.4) is 0 Å². The normalized spacial score (nSPS) is 20.4. The number of carbonyl (C=O) groups excluding carboxylic acids is 3. The van der Waals surface area contributed by atoms with Gasteiger partial charge < -0.3 is 15.3 Å². The van der Waals surface area contributed by atoms with E-state index in [0.29, 0.717) is 30.5 Å². The summed E-state index contributed by atoms with van der Waals surface area (Å²) >= 11 is 0. The van der Waals surface area contributed by atoms with E-state index in [2.05, 4.69) is 5.32 Å². The fourth-order valence-electron chi connectivity index (χ4n) is 2.98. The first kappa shape index (κ1) is 16.0. The van der Waals surface area contributed by atoms with Gasteiger partial charge in [-0.3, -0.25) is 14.5 Å². The summed E-state index contributed by atoms with van der Waals surface area (Å²) in [4.78, 5) is 49.2. The van der Waals surface area contributed by atoms with E-state index in [0.717, 1.165) is 4.90 Å². The average Bonchev–Trinajstić information content (AvgIpc) is 3.17. The fourth-order valence-corrected chi connectivity index (χ4v) is 2.98. The summed E-state index contributed by atoms with van der Waals surface area (Å²) in [5.74, 6) is -1.60. The van der Waals surface area contributed by atoms with E-state index >= 15 is 0 Å². The van der Waals surface area contributed by atoms with Crippen molar-refractivity contribution in [3.8, 4) is 0 Å². The van der Waals surface area contributed by atoms with E-state index in [4.69, 9.17) is 5.11 Å². The minimum Gasteiger partial charge on any atom is -0.480 e. The molecule has 126 valence electrons. The molecule has 1 aromatic rings. The molecular formula is C16H17N3O5. The second-order valence-electron chi connectivity index (χ2n) is 5.83. The Morgan fingerprint density at radius 1 is 1.21 bits per heavy atom. The Bertz CT molecular complexity index is 684. The van der Waals surface area contributed by atoms with Crippen LogP contribution in [0.2, 0.25) is 0 Å². The van der Waals surface area contributed by atoms with Crippen LogP contribution in [0.5, 0.6) is 0 Å². The summed E-state index contributed by atoms with van der Waals surface area (Å²) in [5, 5.41) is 11.6. The first-order valence-electron chi connectivity index (χ1n) is 7.68. The Hall–Kier alpha value is -2.90. The van der Waals surface area contributed by atoms with Crippen molar-refractivity contribution in [2.75, 3.05) is 13.1 Å². The molecule has 2 fully saturated rings. The molecule has 1 aromatic carbocycles. The highest BCUT2D eigenvalue weighted by atomic mass is 16.4. The van der Waals surface area contributed by atoms with Gasteiger partial charge in [0.05, 0.1) is 13.1 Å². The van der Waals surface area contributed by atoms with Crippen LogP contribution in [0.1, 0.15) is 28.8 Å². The molecule has 2 N–H and O–H groups in total. The number of hydrogen-bond acceptors (Lipinski definition) is 4. The number of aliphatic carboxylic acids is 1. The Morgan fingerprint density at radius 3 is 2.50 bits per heavy atom. The van der Waals surface area contributed by atoms with Crippen LogP contribution in [0, 0.1) is 0 Å². The Labute approximate surface area is 138 Å². The molecule has 2 aliphatic heterocycles. The summed E-state index contributed by atoms with van der Waals surface area (Å²) in [6.45, 7) is 0.571. The van der Waals surface area contributed by atoms with Crippen LogP contribution in [0.15, 0.2) is 24.3 Å². The van der Waals surface area contributed by atoms with Crippen molar-refractivity contribution in [1.29, 1.82) is 0 Å². The van der Waals surface area contributed by atoms with Crippen LogP contribution in [-0.4, -0.2) is 57.9 Å². The molecule has 24 heavy (non-hydrogen) atoms. The second kappa shape index (κ2) is 6.31. The van der Waals surface area contributed by atoms with Gasteiger partial charge >= 0.3 is 12.0 Å². The number of carboxylic acid groups (broad SMARTS) is 1. The molecule has 8 heteroatoms. The van der Waals surface area contributed by atoms with Crippen molar-refractivity contribution in [2.45, 2.75) is 25.4 Å². The molecule has 0 radical (unpaired) electrons. The monoisotopic (exact) mass is 331 g/mol. The lowest BCUT2D eigenvalue weighted by molar-refractivity contribution is -0.141. The predicted molar refractivity (Wildman–Crippen MR) is 82.1 cm³/mol. The fraction of sp³-hybridized carbons (Fsp3) is 0.375. The molecular weight excluding hydrogens is 314 g/mol. The van der Waals surface area contributed by atoms with Gasteiger partial charge in [0.1, 0.15) is 6.04 Å². The number of carbonyl (C=O) groups is 4. The summed E-state index contributed by atoms with van der Waals surface area (Å²) in [6, 6.07) is 5.31. The highest BCUT2D eigenvalue weighted by Crippen LogP contribution is 2.21. The molecule has 2 heterocycles. The first-order valence-corrected chi connectivity index (χ1v) is 7.68. The number of nitrogens with zero attached hydrogens (tertiary/aromatic N) is 2. The maximum Gasteiger partial charge on any atom is 0.326 e. The number of imide groups is 1. The van der Waals surface area contributed by atoms with E-state index in [1.807, 2.05) is 0 Å². The first-order chi connectivity index (χ1) is 11.5. The predicted octanol–water partition coefficient (Wildman–Crippen LogP) is 0.428. The lowest BCUT2D eigenvalue weighted by Gasteiger charge is -2.21. The van der Waals surface area contributed by atoms with E-state index in [-0.39, 0.29) is 24.9 Å². The summed E-state index contributed by atoms with van der Waals surface area (Å²) in [7, 11) is 0. The zero-order chi connectivity index (χ0) is 17.3. The third-order valence-electron chi connectivity index (χ3n) is 4.28. The number of urea groups is 1. The molecule has 0 aliphatic carbocycles. The van der Waals surface area contributed by atoms with E-state index in [9.17, 15) is 19.2 Å². The summed E-state index contributed by atoms with van der Waals surface area (Å²) < 4.78 is 0. The number of nitrogens with one attached hydrogen (secondary N) is 1. The van der Waals surface area contributed by atoms with Gasteiger partial charge in [-0.15, -0.1) is 0 Å². The Kier molecular flexibility index (Phi) is 4.20. The van der Waals surface area contributed by atoms with Gasteiger partial charge in [0.15, 0.2) is 0 Å². The van der Waals surface area contributed by atoms with Crippen LogP contribution in [-0.2, 0) is 16.1 Å². The van der Waals surface area contributed by atoms with Gasteiger partial charge in [-0.1, -0.05) is 12.1 Å². The largest absolute Gasteiger partial charge is 0.480 e. The standard InChI is InChI=1S/C16H17N3O5/c20-13-8-17-16(24)19(13)9-10-3-5-11(6-4-10)14(21)18-7-1-2-12(18)15(22)23/h3-6,12H,1-2,7-9H2,(H,17,24)(H,22,23)/t12-/m0/s1. The lowest BCUT2D eigenvalue weighted by atomic mass is 10.1.